The quantitative estimate of drug-likeness (QED) is 0.448. The largest absolute Gasteiger partial charge is 0.497 e. The van der Waals surface area contributed by atoms with Crippen molar-refractivity contribution in [3.63, 3.8) is 0 Å². The van der Waals surface area contributed by atoms with Gasteiger partial charge in [-0.2, -0.15) is 10.1 Å². The fraction of sp³-hybridized carbons (Fsp3) is 0.346. The van der Waals surface area contributed by atoms with E-state index in [0.29, 0.717) is 0 Å². The Kier molecular flexibility index (Phi) is 6.00. The molecule has 0 radical (unpaired) electrons. The highest BCUT2D eigenvalue weighted by atomic mass is 32.1. The molecule has 4 aromatic rings. The van der Waals surface area contributed by atoms with E-state index in [-0.39, 0.29) is 11.9 Å². The van der Waals surface area contributed by atoms with Gasteiger partial charge >= 0.3 is 0 Å². The summed E-state index contributed by atoms with van der Waals surface area (Å²) in [6.45, 7) is 7.80. The lowest BCUT2D eigenvalue weighted by Gasteiger charge is -2.32. The number of hydrogen-bond donors (Lipinski definition) is 1. The summed E-state index contributed by atoms with van der Waals surface area (Å²) in [4.78, 5) is 20.0. The number of nitrogens with zero attached hydrogens (tertiary/aromatic N) is 4. The Morgan fingerprint density at radius 2 is 1.74 bits per heavy atom. The number of thiazole rings is 1. The minimum atomic E-state index is 0.0143. The number of piperidine rings is 1. The van der Waals surface area contributed by atoms with Crippen LogP contribution in [0.15, 0.2) is 42.5 Å². The third-order valence-corrected chi connectivity index (χ3v) is 7.49. The molecule has 34 heavy (non-hydrogen) atoms. The van der Waals surface area contributed by atoms with Crippen LogP contribution in [0.3, 0.4) is 0 Å². The second-order valence-corrected chi connectivity index (χ2v) is 9.93. The van der Waals surface area contributed by atoms with E-state index in [9.17, 15) is 4.79 Å². The van der Waals surface area contributed by atoms with Gasteiger partial charge in [0.25, 0.3) is 5.91 Å². The number of amides is 1. The number of methoxy groups -OCH3 is 1. The molecule has 8 heteroatoms. The van der Waals surface area contributed by atoms with Gasteiger partial charge in [0, 0.05) is 24.7 Å². The molecule has 0 spiro atoms. The van der Waals surface area contributed by atoms with Crippen LogP contribution in [0.1, 0.15) is 40.0 Å². The van der Waals surface area contributed by atoms with Crippen LogP contribution in [0.4, 0.5) is 5.13 Å². The number of carbonyl (C=O) groups is 1. The highest BCUT2D eigenvalue weighted by Crippen LogP contribution is 2.34. The van der Waals surface area contributed by atoms with E-state index in [1.807, 2.05) is 61.9 Å². The minimum absolute atomic E-state index is 0.0143. The van der Waals surface area contributed by atoms with Gasteiger partial charge in [-0.1, -0.05) is 28.5 Å². The molecule has 2 aromatic heterocycles. The van der Waals surface area contributed by atoms with E-state index in [0.717, 1.165) is 75.2 Å². The molecule has 0 bridgehead atoms. The van der Waals surface area contributed by atoms with Gasteiger partial charge in [0.15, 0.2) is 10.8 Å². The van der Waals surface area contributed by atoms with Crippen molar-refractivity contribution >= 4 is 32.7 Å². The molecular weight excluding hydrogens is 446 g/mol. The van der Waals surface area contributed by atoms with Crippen molar-refractivity contribution in [1.82, 2.24) is 20.1 Å². The fourth-order valence-corrected chi connectivity index (χ4v) is 5.59. The number of hydrogen-bond acceptors (Lipinski definition) is 6. The molecule has 0 saturated carbocycles. The molecule has 5 rings (SSSR count). The van der Waals surface area contributed by atoms with Gasteiger partial charge in [-0.3, -0.25) is 4.79 Å². The summed E-state index contributed by atoms with van der Waals surface area (Å²) in [6, 6.07) is 14.0. The molecule has 7 nitrogen and oxygen atoms in total. The van der Waals surface area contributed by atoms with E-state index in [1.165, 1.54) is 0 Å². The predicted molar refractivity (Wildman–Crippen MR) is 137 cm³/mol. The predicted octanol–water partition coefficient (Wildman–Crippen LogP) is 4.81. The number of aryl methyl sites for hydroxylation is 3. The molecule has 1 fully saturated rings. The van der Waals surface area contributed by atoms with Crippen molar-refractivity contribution in [2.75, 3.05) is 25.1 Å². The number of benzene rings is 2. The lowest BCUT2D eigenvalue weighted by molar-refractivity contribution is 0.0931. The van der Waals surface area contributed by atoms with Crippen LogP contribution in [0.5, 0.6) is 5.75 Å². The van der Waals surface area contributed by atoms with Crippen LogP contribution in [0.2, 0.25) is 0 Å². The first-order valence-corrected chi connectivity index (χ1v) is 12.4. The zero-order valence-electron chi connectivity index (χ0n) is 20.0. The van der Waals surface area contributed by atoms with Crippen molar-refractivity contribution in [1.29, 1.82) is 0 Å². The lowest BCUT2D eigenvalue weighted by atomic mass is 10.0. The van der Waals surface area contributed by atoms with Gasteiger partial charge in [0.2, 0.25) is 0 Å². The Balaban J connectivity index is 1.28. The van der Waals surface area contributed by atoms with Crippen molar-refractivity contribution < 1.29 is 9.53 Å². The summed E-state index contributed by atoms with van der Waals surface area (Å²) in [5, 5.41) is 8.94. The zero-order valence-corrected chi connectivity index (χ0v) is 20.8. The van der Waals surface area contributed by atoms with Gasteiger partial charge < -0.3 is 15.0 Å². The molecule has 1 N–H and O–H groups in total. The van der Waals surface area contributed by atoms with Gasteiger partial charge in [-0.05, 0) is 70.0 Å². The maximum absolute atomic E-state index is 12.7. The first kappa shape index (κ1) is 22.4. The number of fused-ring (bicyclic) bond motifs is 1. The van der Waals surface area contributed by atoms with Gasteiger partial charge in [-0.15, -0.1) is 0 Å². The topological polar surface area (TPSA) is 72.3 Å². The Morgan fingerprint density at radius 3 is 2.38 bits per heavy atom. The molecule has 3 heterocycles. The maximum atomic E-state index is 12.7. The molecule has 1 aliphatic rings. The number of anilines is 1. The molecular formula is C26H29N5O2S. The second kappa shape index (κ2) is 9.10. The Bertz CT molecular complexity index is 1310. The molecule has 1 saturated heterocycles. The molecule has 0 aliphatic carbocycles. The average molecular weight is 476 g/mol. The Labute approximate surface area is 203 Å². The van der Waals surface area contributed by atoms with Crippen LogP contribution in [-0.2, 0) is 0 Å². The number of aromatic nitrogens is 3. The first-order chi connectivity index (χ1) is 16.4. The maximum Gasteiger partial charge on any atom is 0.251 e. The highest BCUT2D eigenvalue weighted by molar-refractivity contribution is 7.22. The summed E-state index contributed by atoms with van der Waals surface area (Å²) in [6.07, 6.45) is 1.80. The number of nitrogens with one attached hydrogen (secondary N) is 1. The third kappa shape index (κ3) is 4.37. The summed E-state index contributed by atoms with van der Waals surface area (Å²) >= 11 is 1.69. The summed E-state index contributed by atoms with van der Waals surface area (Å²) < 4.78 is 8.28. The number of rotatable bonds is 5. The second-order valence-electron chi connectivity index (χ2n) is 8.96. The normalized spacial score (nSPS) is 14.5. The Hall–Kier alpha value is -3.39. The summed E-state index contributed by atoms with van der Waals surface area (Å²) in [5.74, 6) is 0.829. The van der Waals surface area contributed by atoms with Crippen molar-refractivity contribution in [2.24, 2.45) is 0 Å². The van der Waals surface area contributed by atoms with Crippen molar-refractivity contribution in [3.05, 3.63) is 64.8 Å². The Morgan fingerprint density at radius 1 is 1.06 bits per heavy atom. The van der Waals surface area contributed by atoms with E-state index < -0.39 is 0 Å². The van der Waals surface area contributed by atoms with Gasteiger partial charge in [-0.25, -0.2) is 4.68 Å². The van der Waals surface area contributed by atoms with E-state index in [2.05, 4.69) is 16.3 Å². The molecule has 0 atom stereocenters. The molecule has 0 unspecified atom stereocenters. The molecule has 1 aliphatic heterocycles. The van der Waals surface area contributed by atoms with E-state index in [4.69, 9.17) is 14.8 Å². The smallest absolute Gasteiger partial charge is 0.251 e. The van der Waals surface area contributed by atoms with E-state index >= 15 is 0 Å². The van der Waals surface area contributed by atoms with Gasteiger partial charge in [0.1, 0.15) is 5.75 Å². The van der Waals surface area contributed by atoms with Crippen molar-refractivity contribution in [3.8, 4) is 11.4 Å². The summed E-state index contributed by atoms with van der Waals surface area (Å²) in [7, 11) is 1.66. The van der Waals surface area contributed by atoms with Crippen LogP contribution in [0.25, 0.3) is 16.0 Å². The van der Waals surface area contributed by atoms with Crippen LogP contribution < -0.4 is 15.0 Å². The first-order valence-electron chi connectivity index (χ1n) is 11.6. The summed E-state index contributed by atoms with van der Waals surface area (Å²) in [5.41, 5.74) is 5.78. The molecule has 1 amide bonds. The fourth-order valence-electron chi connectivity index (χ4n) is 4.55. The number of ether oxygens (including phenoxy) is 1. The average Bonchev–Trinajstić information content (AvgIpc) is 3.39. The monoisotopic (exact) mass is 475 g/mol. The third-order valence-electron chi connectivity index (χ3n) is 6.28. The SMILES string of the molecule is COc1ccc(-n2nc(C)c3sc(N4CCC(NC(=O)c5cc(C)cc(C)c5)CC4)nc32)cc1. The minimum Gasteiger partial charge on any atom is -0.497 e. The lowest BCUT2D eigenvalue weighted by Crippen LogP contribution is -2.44. The highest BCUT2D eigenvalue weighted by Gasteiger charge is 2.25. The van der Waals surface area contributed by atoms with Crippen LogP contribution in [0, 0.1) is 20.8 Å². The molecule has 176 valence electrons. The van der Waals surface area contributed by atoms with Crippen LogP contribution >= 0.6 is 11.3 Å². The zero-order chi connectivity index (χ0) is 23.8. The number of carbonyl (C=O) groups excluding carboxylic acids is 1. The van der Waals surface area contributed by atoms with E-state index in [1.54, 1.807) is 18.4 Å². The van der Waals surface area contributed by atoms with Crippen LogP contribution in [-0.4, -0.2) is 46.9 Å². The van der Waals surface area contributed by atoms with Crippen molar-refractivity contribution in [2.45, 2.75) is 39.7 Å². The molecule has 2 aromatic carbocycles. The standard InChI is InChI=1S/C26H29N5O2S/c1-16-13-17(2)15-19(14-16)25(32)27-20-9-11-30(12-10-20)26-28-24-23(34-26)18(3)29-31(24)21-5-7-22(33-4)8-6-21/h5-8,13-15,20H,9-12H2,1-4H3,(H,27,32). The van der Waals surface area contributed by atoms with Gasteiger partial charge in [0.05, 0.1) is 23.2 Å².